The number of nitrogens with zero attached hydrogens (tertiary/aromatic N) is 21. The summed E-state index contributed by atoms with van der Waals surface area (Å²) in [7, 11) is 0. The van der Waals surface area contributed by atoms with Crippen LogP contribution < -0.4 is 0 Å². The molecule has 0 saturated heterocycles. The predicted octanol–water partition coefficient (Wildman–Crippen LogP) is 12.0. The molecule has 96 heavy (non-hydrogen) atoms. The third kappa shape index (κ3) is 15.7. The van der Waals surface area contributed by atoms with Crippen LogP contribution in [0.3, 0.4) is 0 Å². The topological polar surface area (TPSA) is 281 Å². The number of hydrogen-bond donors (Lipinski definition) is 0. The molecule has 0 saturated carbocycles. The van der Waals surface area contributed by atoms with Crippen LogP contribution in [0.1, 0.15) is 79.1 Å². The molecule has 14 aromatic rings. The number of rotatable bonds is 7. The summed E-state index contributed by atoms with van der Waals surface area (Å²) in [6.07, 6.45) is 23.9. The second-order valence-corrected chi connectivity index (χ2v) is 21.1. The van der Waals surface area contributed by atoms with Crippen LogP contribution in [0.4, 0.5) is 0 Å². The zero-order valence-electron chi connectivity index (χ0n) is 50.3. The van der Waals surface area contributed by atoms with Crippen LogP contribution >= 0.6 is 11.3 Å². The molecule has 5 radical (unpaired) electrons. The van der Waals surface area contributed by atoms with Crippen molar-refractivity contribution in [2.24, 2.45) is 9.98 Å². The molecule has 0 fully saturated rings. The molecular formula is C68H44Ir5N21OS-5. The number of furan rings is 1. The summed E-state index contributed by atoms with van der Waals surface area (Å²) in [4.78, 5) is 13.8. The molecule has 0 unspecified atom stereocenters. The molecular weight excluding hydrogens is 2120 g/mol. The van der Waals surface area contributed by atoms with Crippen LogP contribution in [0.25, 0.3) is 67.1 Å². The van der Waals surface area contributed by atoms with Gasteiger partial charge in [-0.3, -0.25) is 19.3 Å². The molecule has 28 heteroatoms. The van der Waals surface area contributed by atoms with Gasteiger partial charge in [-0.05, 0) is 82.8 Å². The van der Waals surface area contributed by atoms with Gasteiger partial charge in [0.25, 0.3) is 0 Å². The average Bonchev–Trinajstić information content (AvgIpc) is 1.56. The van der Waals surface area contributed by atoms with Crippen molar-refractivity contribution in [1.82, 2.24) is 67.9 Å². The molecule has 13 heterocycles. The molecule has 0 aliphatic carbocycles. The third-order valence-electron chi connectivity index (χ3n) is 14.0. The van der Waals surface area contributed by atoms with Gasteiger partial charge < -0.3 is 29.5 Å². The van der Waals surface area contributed by atoms with E-state index in [-0.39, 0.29) is 106 Å². The van der Waals surface area contributed by atoms with Gasteiger partial charge in [0, 0.05) is 147 Å². The maximum absolute atomic E-state index is 9.52. The number of nitriles is 5. The van der Waals surface area contributed by atoms with Gasteiger partial charge in [-0.15, -0.1) is 17.2 Å². The van der Waals surface area contributed by atoms with E-state index in [1.54, 1.807) is 44.4 Å². The Morgan fingerprint density at radius 1 is 0.562 bits per heavy atom. The van der Waals surface area contributed by atoms with E-state index in [9.17, 15) is 5.26 Å². The fourth-order valence-electron chi connectivity index (χ4n) is 9.81. The maximum Gasteiger partial charge on any atom is 0.183 e. The third-order valence-corrected chi connectivity index (χ3v) is 14.6. The van der Waals surface area contributed by atoms with Gasteiger partial charge in [0.1, 0.15) is 30.3 Å². The van der Waals surface area contributed by atoms with Crippen molar-refractivity contribution in [3.63, 3.8) is 0 Å². The number of imidazole rings is 1. The number of thiophene rings is 1. The first-order valence-electron chi connectivity index (χ1n) is 28.0. The molecule has 0 spiro atoms. The second kappa shape index (κ2) is 33.5. The van der Waals surface area contributed by atoms with E-state index in [2.05, 4.69) is 140 Å². The fourth-order valence-corrected chi connectivity index (χ4v) is 10.3. The van der Waals surface area contributed by atoms with E-state index < -0.39 is 0 Å². The largest absolute Gasteiger partial charge is 0.597 e. The standard InChI is InChI=1S/C24H23N4.C12H6N3O.C12H6N3S.C11H6N5.C9H3N6.5Ir/c1-16(2)21-9-7-10-22(17(3)4)24(21)23-12-18(14-25)26-28(23)20-13-19-8-5-6-11-27(19)15-20;2*13-7-11-10-3-1-2-4-12(10)15(14-11)9-5-6-16-8-9;12-7-9-4-6-16(14-9)11-8-15-5-2-1-3-10(15)13-11;10-4-6-5-12-15(14-6)9-3-8-7(13-9)1-2-11-8;;;;;/h5-13,16-17H,1-4H3;3*1-6H;1-2,5H;;;;;/q5*-1;;;;;. The molecule has 3 aromatic carbocycles. The first kappa shape index (κ1) is 73.5. The van der Waals surface area contributed by atoms with E-state index in [0.29, 0.717) is 57.6 Å². The van der Waals surface area contributed by atoms with Gasteiger partial charge in [-0.1, -0.05) is 148 Å². The number of pyridine rings is 2. The number of allylic oxidation sites excluding steroid dienone is 2. The number of para-hydroxylation sites is 2. The molecule has 22 nitrogen and oxygen atoms in total. The zero-order chi connectivity index (χ0) is 63.0. The zero-order valence-corrected chi connectivity index (χ0v) is 63.1. The summed E-state index contributed by atoms with van der Waals surface area (Å²) in [5.74, 6) is 1.75. The summed E-state index contributed by atoms with van der Waals surface area (Å²) in [5.41, 5.74) is 14.0. The average molecular weight is 2160 g/mol. The van der Waals surface area contributed by atoms with Gasteiger partial charge in [-0.2, -0.15) is 80.2 Å². The Labute approximate surface area is 620 Å². The smallest absolute Gasteiger partial charge is 0.183 e. The van der Waals surface area contributed by atoms with Gasteiger partial charge in [0.05, 0.1) is 34.6 Å². The molecule has 2 aliphatic rings. The molecule has 483 valence electrons. The van der Waals surface area contributed by atoms with Crippen LogP contribution in [-0.2, 0) is 101 Å². The van der Waals surface area contributed by atoms with Crippen LogP contribution in [0.15, 0.2) is 202 Å². The van der Waals surface area contributed by atoms with Crippen molar-refractivity contribution in [3.8, 4) is 64.5 Å². The Morgan fingerprint density at radius 3 is 1.78 bits per heavy atom. The Hall–Kier alpha value is -9.89. The number of fused-ring (bicyclic) bond motifs is 5. The Morgan fingerprint density at radius 2 is 1.21 bits per heavy atom. The summed E-state index contributed by atoms with van der Waals surface area (Å²) in [5, 5.41) is 76.5. The van der Waals surface area contributed by atoms with Gasteiger partial charge in [0.15, 0.2) is 28.5 Å². The van der Waals surface area contributed by atoms with Gasteiger partial charge >= 0.3 is 0 Å². The van der Waals surface area contributed by atoms with Crippen molar-refractivity contribution in [3.05, 3.63) is 257 Å². The first-order valence-corrected chi connectivity index (χ1v) is 28.8. The Bertz CT molecular complexity index is 5160. The van der Waals surface area contributed by atoms with Crippen molar-refractivity contribution in [1.29, 1.82) is 26.3 Å². The Balaban J connectivity index is 0.000000171. The minimum Gasteiger partial charge on any atom is -0.597 e. The van der Waals surface area contributed by atoms with Crippen LogP contribution in [0, 0.1) is 86.8 Å². The van der Waals surface area contributed by atoms with Crippen molar-refractivity contribution in [2.75, 3.05) is 0 Å². The maximum atomic E-state index is 9.52. The molecule has 11 aromatic heterocycles. The molecule has 0 atom stereocenters. The quantitative estimate of drug-likeness (QED) is 0.134. The molecule has 2 aliphatic heterocycles. The number of benzene rings is 3. The summed E-state index contributed by atoms with van der Waals surface area (Å²) in [6, 6.07) is 53.0. The second-order valence-electron chi connectivity index (χ2n) is 20.4. The van der Waals surface area contributed by atoms with E-state index >= 15 is 0 Å². The van der Waals surface area contributed by atoms with Crippen LogP contribution in [0.5, 0.6) is 0 Å². The minimum absolute atomic E-state index is 0. The first-order chi connectivity index (χ1) is 44.5. The summed E-state index contributed by atoms with van der Waals surface area (Å²) < 4.78 is 15.4. The van der Waals surface area contributed by atoms with E-state index in [1.165, 1.54) is 50.0 Å². The molecule has 0 amide bonds. The fraction of sp³-hybridized carbons (Fsp3) is 0.0882. The van der Waals surface area contributed by atoms with Crippen molar-refractivity contribution < 1.29 is 105 Å². The summed E-state index contributed by atoms with van der Waals surface area (Å²) >= 11 is 1.49. The van der Waals surface area contributed by atoms with E-state index in [1.807, 2.05) is 142 Å². The van der Waals surface area contributed by atoms with Crippen LogP contribution in [-0.4, -0.2) is 80.0 Å². The number of hydrogen-bond acceptors (Lipinski definition) is 16. The van der Waals surface area contributed by atoms with Crippen molar-refractivity contribution >= 4 is 56.4 Å². The van der Waals surface area contributed by atoms with E-state index in [0.717, 1.165) is 55.7 Å². The van der Waals surface area contributed by atoms with E-state index in [4.69, 9.17) is 25.5 Å². The Kier molecular flexibility index (Phi) is 25.6. The van der Waals surface area contributed by atoms with Crippen molar-refractivity contribution in [2.45, 2.75) is 39.5 Å². The van der Waals surface area contributed by atoms with Crippen LogP contribution in [0.2, 0.25) is 0 Å². The number of aromatic nitrogens is 14. The molecule has 16 rings (SSSR count). The van der Waals surface area contributed by atoms with Gasteiger partial charge in [0.2, 0.25) is 0 Å². The minimum atomic E-state index is 0. The van der Waals surface area contributed by atoms with Gasteiger partial charge in [-0.25, -0.2) is 9.36 Å². The SMILES string of the molecule is CC(C)c1cccc(C(C)C)c1-c1cc(C#N)nn1-c1[c-]n2ccccc2c1.N#Cc1ccn(-c2[c-]n3ccccc3n2)n1.N#Cc1cnn(C2=NC3=CC=NC3=[C-]2)n1.N#Cc1nn(-c2[c-]occ2)c2ccccc12.N#Cc1nn(-c2[c-]scc2)c2ccccc12.[Ir].[Ir].[Ir].[Ir].[Ir]. The predicted molar refractivity (Wildman–Crippen MR) is 338 cm³/mol. The normalized spacial score (nSPS) is 11.2. The monoisotopic (exact) mass is 2170 g/mol. The molecule has 0 N–H and O–H groups in total. The summed E-state index contributed by atoms with van der Waals surface area (Å²) in [6.45, 7) is 8.81. The molecule has 0 bridgehead atoms. The number of aliphatic imine (C=N–C) groups is 2.